The van der Waals surface area contributed by atoms with Crippen molar-refractivity contribution in [2.45, 2.75) is 20.3 Å². The number of hydrogen-bond donors (Lipinski definition) is 2. The number of nitrogens with zero attached hydrogens (tertiary/aromatic N) is 1. The van der Waals surface area contributed by atoms with Gasteiger partial charge in [-0.3, -0.25) is 9.59 Å². The number of amides is 2. The number of fused-ring (bicyclic) bond motifs is 1. The molecule has 0 atom stereocenters. The molecule has 4 rings (SSSR count). The van der Waals surface area contributed by atoms with Gasteiger partial charge in [0.25, 0.3) is 11.8 Å². The molecule has 9 heteroatoms. The van der Waals surface area contributed by atoms with Crippen LogP contribution in [0.25, 0.3) is 10.8 Å². The first-order chi connectivity index (χ1) is 20.0. The first kappa shape index (κ1) is 28.8. The Morgan fingerprint density at radius 1 is 0.854 bits per heavy atom. The van der Waals surface area contributed by atoms with Gasteiger partial charge in [0.05, 0.1) is 31.5 Å². The fourth-order valence-corrected chi connectivity index (χ4v) is 3.92. The molecule has 0 saturated carbocycles. The van der Waals surface area contributed by atoms with E-state index in [0.29, 0.717) is 41.4 Å². The van der Waals surface area contributed by atoms with E-state index in [4.69, 9.17) is 14.2 Å². The monoisotopic (exact) mass is 553 g/mol. The minimum absolute atomic E-state index is 0.246. The van der Waals surface area contributed by atoms with Gasteiger partial charge in [-0.15, -0.1) is 0 Å². The Labute approximate surface area is 238 Å². The van der Waals surface area contributed by atoms with E-state index in [1.54, 1.807) is 54.6 Å². The zero-order chi connectivity index (χ0) is 29.0. The van der Waals surface area contributed by atoms with Gasteiger partial charge in [0.1, 0.15) is 5.75 Å². The van der Waals surface area contributed by atoms with E-state index in [9.17, 15) is 14.4 Å². The van der Waals surface area contributed by atoms with Crippen LogP contribution in [0.1, 0.15) is 46.5 Å². The molecule has 0 fully saturated rings. The Morgan fingerprint density at radius 2 is 1.63 bits per heavy atom. The third kappa shape index (κ3) is 7.92. The number of hydrogen-bond acceptors (Lipinski definition) is 7. The normalized spacial score (nSPS) is 10.8. The van der Waals surface area contributed by atoms with Crippen molar-refractivity contribution in [1.82, 2.24) is 10.7 Å². The average Bonchev–Trinajstić information content (AvgIpc) is 3.00. The van der Waals surface area contributed by atoms with Crippen LogP contribution in [0.5, 0.6) is 17.2 Å². The highest BCUT2D eigenvalue weighted by atomic mass is 16.6. The lowest BCUT2D eigenvalue weighted by molar-refractivity contribution is -0.120. The third-order valence-electron chi connectivity index (χ3n) is 5.88. The summed E-state index contributed by atoms with van der Waals surface area (Å²) in [5.41, 5.74) is 3.85. The van der Waals surface area contributed by atoms with E-state index in [0.717, 1.165) is 17.2 Å². The predicted octanol–water partition coefficient (Wildman–Crippen LogP) is 5.13. The molecule has 2 amide bonds. The maximum Gasteiger partial charge on any atom is 0.343 e. The van der Waals surface area contributed by atoms with E-state index in [2.05, 4.69) is 15.8 Å². The number of nitrogens with one attached hydrogen (secondary N) is 2. The molecule has 210 valence electrons. The number of rotatable bonds is 12. The number of benzene rings is 4. The molecule has 0 unspecified atom stereocenters. The highest BCUT2D eigenvalue weighted by Crippen LogP contribution is 2.29. The van der Waals surface area contributed by atoms with Crippen molar-refractivity contribution in [3.05, 3.63) is 102 Å². The van der Waals surface area contributed by atoms with Gasteiger partial charge in [-0.05, 0) is 78.2 Å². The van der Waals surface area contributed by atoms with Gasteiger partial charge in [-0.1, -0.05) is 43.3 Å². The van der Waals surface area contributed by atoms with E-state index >= 15 is 0 Å². The number of hydrazone groups is 1. The first-order valence-electron chi connectivity index (χ1n) is 13.3. The molecular weight excluding hydrogens is 522 g/mol. The molecule has 0 aliphatic heterocycles. The van der Waals surface area contributed by atoms with Crippen LogP contribution in [0.3, 0.4) is 0 Å². The summed E-state index contributed by atoms with van der Waals surface area (Å²) in [6.45, 7) is 4.54. The van der Waals surface area contributed by atoms with Crippen LogP contribution in [-0.4, -0.2) is 43.8 Å². The molecule has 4 aromatic carbocycles. The van der Waals surface area contributed by atoms with Crippen molar-refractivity contribution in [2.24, 2.45) is 5.10 Å². The summed E-state index contributed by atoms with van der Waals surface area (Å²) in [4.78, 5) is 37.5. The third-order valence-corrected chi connectivity index (χ3v) is 5.88. The summed E-state index contributed by atoms with van der Waals surface area (Å²) < 4.78 is 16.8. The number of carbonyl (C=O) groups excluding carboxylic acids is 3. The Kier molecular flexibility index (Phi) is 10.0. The van der Waals surface area contributed by atoms with Crippen molar-refractivity contribution in [2.75, 3.05) is 19.8 Å². The van der Waals surface area contributed by atoms with Crippen LogP contribution in [0.4, 0.5) is 0 Å². The van der Waals surface area contributed by atoms with Crippen LogP contribution in [-0.2, 0) is 4.79 Å². The minimum Gasteiger partial charge on any atom is -0.494 e. The summed E-state index contributed by atoms with van der Waals surface area (Å²) in [5.74, 6) is -0.0971. The number of ether oxygens (including phenoxy) is 3. The quantitative estimate of drug-likeness (QED) is 0.109. The summed E-state index contributed by atoms with van der Waals surface area (Å²) in [6, 6.07) is 24.6. The highest BCUT2D eigenvalue weighted by molar-refractivity contribution is 6.07. The second-order valence-corrected chi connectivity index (χ2v) is 8.90. The fourth-order valence-electron chi connectivity index (χ4n) is 3.92. The van der Waals surface area contributed by atoms with Crippen LogP contribution in [0.2, 0.25) is 0 Å². The smallest absolute Gasteiger partial charge is 0.343 e. The molecule has 41 heavy (non-hydrogen) atoms. The van der Waals surface area contributed by atoms with Crippen LogP contribution in [0, 0.1) is 0 Å². The molecule has 2 N–H and O–H groups in total. The van der Waals surface area contributed by atoms with E-state index in [1.807, 2.05) is 44.2 Å². The first-order valence-corrected chi connectivity index (χ1v) is 13.3. The summed E-state index contributed by atoms with van der Waals surface area (Å²) >= 11 is 0. The molecule has 0 heterocycles. The highest BCUT2D eigenvalue weighted by Gasteiger charge is 2.14. The van der Waals surface area contributed by atoms with Gasteiger partial charge in [0.2, 0.25) is 0 Å². The Hall–Kier alpha value is -5.18. The molecule has 0 aliphatic rings. The van der Waals surface area contributed by atoms with Gasteiger partial charge in [-0.2, -0.15) is 5.10 Å². The van der Waals surface area contributed by atoms with Gasteiger partial charge in [0.15, 0.2) is 11.5 Å². The second-order valence-electron chi connectivity index (χ2n) is 8.90. The van der Waals surface area contributed by atoms with Gasteiger partial charge >= 0.3 is 5.97 Å². The van der Waals surface area contributed by atoms with E-state index < -0.39 is 11.9 Å². The van der Waals surface area contributed by atoms with Crippen molar-refractivity contribution >= 4 is 34.8 Å². The van der Waals surface area contributed by atoms with Gasteiger partial charge in [-0.25, -0.2) is 10.2 Å². The summed E-state index contributed by atoms with van der Waals surface area (Å²) in [5, 5.41) is 8.32. The summed E-state index contributed by atoms with van der Waals surface area (Å²) in [6.07, 6.45) is 2.31. The molecule has 0 saturated heterocycles. The predicted molar refractivity (Wildman–Crippen MR) is 157 cm³/mol. The van der Waals surface area contributed by atoms with E-state index in [-0.39, 0.29) is 18.2 Å². The second kappa shape index (κ2) is 14.3. The molecule has 0 aliphatic carbocycles. The zero-order valence-electron chi connectivity index (χ0n) is 22.9. The molecule has 9 nitrogen and oxygen atoms in total. The fraction of sp³-hybridized carbons (Fsp3) is 0.188. The van der Waals surface area contributed by atoms with Gasteiger partial charge < -0.3 is 19.5 Å². The Bertz CT molecular complexity index is 1540. The summed E-state index contributed by atoms with van der Waals surface area (Å²) in [7, 11) is 0. The van der Waals surface area contributed by atoms with Crippen LogP contribution >= 0.6 is 0 Å². The van der Waals surface area contributed by atoms with Crippen molar-refractivity contribution in [3.63, 3.8) is 0 Å². The Balaban J connectivity index is 1.32. The molecule has 0 aromatic heterocycles. The van der Waals surface area contributed by atoms with Crippen molar-refractivity contribution in [1.29, 1.82) is 0 Å². The van der Waals surface area contributed by atoms with Gasteiger partial charge in [0, 0.05) is 5.56 Å². The van der Waals surface area contributed by atoms with Crippen molar-refractivity contribution < 1.29 is 28.6 Å². The molecule has 0 bridgehead atoms. The molecule has 0 radical (unpaired) electrons. The van der Waals surface area contributed by atoms with Crippen LogP contribution in [0.15, 0.2) is 90.0 Å². The van der Waals surface area contributed by atoms with Crippen molar-refractivity contribution in [3.8, 4) is 17.2 Å². The maximum atomic E-state index is 12.7. The molecule has 0 spiro atoms. The minimum atomic E-state index is -0.535. The topological polar surface area (TPSA) is 115 Å². The SMILES string of the molecule is CCCOc1ccc(C(=O)Oc2ccc(/C=N\NC(=O)CNC(=O)c3cccc4ccccc34)cc2OCC)cc1. The number of carbonyl (C=O) groups is 3. The standard InChI is InChI=1S/C32H31N3O6/c1-3-18-40-25-15-13-24(14-16-25)32(38)41-28-17-12-22(19-29(28)39-4-2)20-34-35-30(36)21-33-31(37)27-11-7-9-23-8-5-6-10-26(23)27/h5-17,19-20H,3-4,18,21H2,1-2H3,(H,33,37)(H,35,36)/b34-20-. The molecule has 4 aromatic rings. The van der Waals surface area contributed by atoms with E-state index in [1.165, 1.54) is 6.21 Å². The number of esters is 1. The average molecular weight is 554 g/mol. The lowest BCUT2D eigenvalue weighted by Gasteiger charge is -2.12. The Morgan fingerprint density at radius 3 is 2.41 bits per heavy atom. The van der Waals surface area contributed by atoms with Crippen LogP contribution < -0.4 is 25.0 Å². The lowest BCUT2D eigenvalue weighted by atomic mass is 10.0. The lowest BCUT2D eigenvalue weighted by Crippen LogP contribution is -2.35. The zero-order valence-corrected chi connectivity index (χ0v) is 22.9. The molecular formula is C32H31N3O6. The largest absolute Gasteiger partial charge is 0.494 e. The maximum absolute atomic E-state index is 12.7.